The molecule has 1 N–H and O–H groups in total. The first-order valence-electron chi connectivity index (χ1n) is 6.05. The van der Waals surface area contributed by atoms with Crippen molar-refractivity contribution >= 4 is 22.5 Å². The monoisotopic (exact) mass is 248 g/mol. The highest BCUT2D eigenvalue weighted by Crippen LogP contribution is 2.13. The summed E-state index contributed by atoms with van der Waals surface area (Å²) < 4.78 is 0. The lowest BCUT2D eigenvalue weighted by Gasteiger charge is -2.05. The summed E-state index contributed by atoms with van der Waals surface area (Å²) >= 11 is 0. The zero-order valence-corrected chi connectivity index (χ0v) is 10.2. The Labute approximate surface area is 110 Å². The molecule has 3 aromatic rings. The number of pyridine rings is 1. The van der Waals surface area contributed by atoms with Crippen molar-refractivity contribution in [3.63, 3.8) is 0 Å². The third-order valence-electron chi connectivity index (χ3n) is 2.86. The molecule has 1 heterocycles. The number of nitrogens with one attached hydrogen (secondary N) is 1. The molecule has 2 aromatic carbocycles. The third-order valence-corrected chi connectivity index (χ3v) is 2.86. The minimum atomic E-state index is -0.197. The molecule has 3 rings (SSSR count). The number of fused-ring (bicyclic) bond motifs is 1. The minimum absolute atomic E-state index is 0.197. The van der Waals surface area contributed by atoms with Crippen molar-refractivity contribution < 1.29 is 4.79 Å². The molecule has 1 amide bonds. The van der Waals surface area contributed by atoms with Crippen LogP contribution in [-0.2, 0) is 0 Å². The number of amides is 1. The molecule has 0 unspecified atom stereocenters. The molecule has 19 heavy (non-hydrogen) atoms. The lowest BCUT2D eigenvalue weighted by molar-refractivity contribution is 0.102. The van der Waals surface area contributed by atoms with Gasteiger partial charge in [-0.1, -0.05) is 42.5 Å². The zero-order valence-electron chi connectivity index (χ0n) is 10.2. The van der Waals surface area contributed by atoms with Crippen LogP contribution in [0.15, 0.2) is 66.7 Å². The van der Waals surface area contributed by atoms with E-state index in [9.17, 15) is 4.79 Å². The van der Waals surface area contributed by atoms with Crippen molar-refractivity contribution in [2.45, 2.75) is 0 Å². The molecule has 0 bridgehead atoms. The summed E-state index contributed by atoms with van der Waals surface area (Å²) in [7, 11) is 0. The Balaban J connectivity index is 1.89. The molecule has 0 saturated carbocycles. The average molecular weight is 248 g/mol. The smallest absolute Gasteiger partial charge is 0.274 e. The van der Waals surface area contributed by atoms with Crippen molar-refractivity contribution in [2.75, 3.05) is 5.32 Å². The number of nitrogens with zero attached hydrogens (tertiary/aromatic N) is 1. The highest BCUT2D eigenvalue weighted by atomic mass is 16.1. The summed E-state index contributed by atoms with van der Waals surface area (Å²) in [5.74, 6) is -0.197. The van der Waals surface area contributed by atoms with E-state index in [2.05, 4.69) is 10.3 Å². The predicted octanol–water partition coefficient (Wildman–Crippen LogP) is 3.49. The minimum Gasteiger partial charge on any atom is -0.321 e. The second-order valence-corrected chi connectivity index (χ2v) is 4.21. The van der Waals surface area contributed by atoms with Crippen molar-refractivity contribution in [1.82, 2.24) is 4.98 Å². The molecule has 0 aliphatic carbocycles. The summed E-state index contributed by atoms with van der Waals surface area (Å²) in [5.41, 5.74) is 2.01. The van der Waals surface area contributed by atoms with E-state index < -0.39 is 0 Å². The maximum atomic E-state index is 12.1. The van der Waals surface area contributed by atoms with E-state index in [1.54, 1.807) is 6.07 Å². The van der Waals surface area contributed by atoms with Crippen LogP contribution in [0, 0.1) is 0 Å². The number of carbonyl (C=O) groups excluding carboxylic acids is 1. The standard InChI is InChI=1S/C16H12N2O/c19-16(17-13-7-2-1-3-8-13)15-11-10-12-6-4-5-9-14(12)18-15/h1-11H,(H,17,19). The number of para-hydroxylation sites is 2. The van der Waals surface area contributed by atoms with Gasteiger partial charge in [0.05, 0.1) is 5.52 Å². The topological polar surface area (TPSA) is 42.0 Å². The summed E-state index contributed by atoms with van der Waals surface area (Å²) in [6.45, 7) is 0. The molecule has 92 valence electrons. The Morgan fingerprint density at radius 2 is 1.58 bits per heavy atom. The quantitative estimate of drug-likeness (QED) is 0.754. The Bertz CT molecular complexity index is 723. The molecule has 1 aromatic heterocycles. The molecular weight excluding hydrogens is 236 g/mol. The van der Waals surface area contributed by atoms with E-state index in [4.69, 9.17) is 0 Å². The fourth-order valence-electron chi connectivity index (χ4n) is 1.91. The van der Waals surface area contributed by atoms with Gasteiger partial charge in [-0.2, -0.15) is 0 Å². The lowest BCUT2D eigenvalue weighted by Crippen LogP contribution is -2.13. The summed E-state index contributed by atoms with van der Waals surface area (Å²) in [6.07, 6.45) is 0. The number of carbonyl (C=O) groups is 1. The van der Waals surface area contributed by atoms with Crippen LogP contribution in [0.1, 0.15) is 10.5 Å². The summed E-state index contributed by atoms with van der Waals surface area (Å²) in [5, 5.41) is 3.85. The zero-order chi connectivity index (χ0) is 13.1. The van der Waals surface area contributed by atoms with Crippen LogP contribution in [0.3, 0.4) is 0 Å². The largest absolute Gasteiger partial charge is 0.321 e. The van der Waals surface area contributed by atoms with Crippen LogP contribution in [0.2, 0.25) is 0 Å². The van der Waals surface area contributed by atoms with Gasteiger partial charge in [0.2, 0.25) is 0 Å². The highest BCUT2D eigenvalue weighted by Gasteiger charge is 2.07. The number of hydrogen-bond donors (Lipinski definition) is 1. The van der Waals surface area contributed by atoms with E-state index in [1.807, 2.05) is 60.7 Å². The lowest BCUT2D eigenvalue weighted by atomic mass is 10.2. The number of rotatable bonds is 2. The van der Waals surface area contributed by atoms with Gasteiger partial charge in [-0.15, -0.1) is 0 Å². The number of hydrogen-bond acceptors (Lipinski definition) is 2. The van der Waals surface area contributed by atoms with Gasteiger partial charge < -0.3 is 5.32 Å². The fraction of sp³-hybridized carbons (Fsp3) is 0. The van der Waals surface area contributed by atoms with Crippen LogP contribution in [-0.4, -0.2) is 10.9 Å². The number of anilines is 1. The van der Waals surface area contributed by atoms with Gasteiger partial charge in [0.25, 0.3) is 5.91 Å². The Kier molecular flexibility index (Phi) is 2.94. The molecule has 0 atom stereocenters. The maximum Gasteiger partial charge on any atom is 0.274 e. The Hall–Kier alpha value is -2.68. The summed E-state index contributed by atoms with van der Waals surface area (Å²) in [6, 6.07) is 20.7. The van der Waals surface area contributed by atoms with Gasteiger partial charge in [0.1, 0.15) is 5.69 Å². The van der Waals surface area contributed by atoms with Crippen molar-refractivity contribution in [3.05, 3.63) is 72.4 Å². The van der Waals surface area contributed by atoms with E-state index in [0.29, 0.717) is 5.69 Å². The van der Waals surface area contributed by atoms with Crippen molar-refractivity contribution in [3.8, 4) is 0 Å². The van der Waals surface area contributed by atoms with Crippen molar-refractivity contribution in [2.24, 2.45) is 0 Å². The van der Waals surface area contributed by atoms with Gasteiger partial charge >= 0.3 is 0 Å². The van der Waals surface area contributed by atoms with Crippen LogP contribution in [0.4, 0.5) is 5.69 Å². The molecule has 0 radical (unpaired) electrons. The van der Waals surface area contributed by atoms with Gasteiger partial charge in [-0.3, -0.25) is 4.79 Å². The van der Waals surface area contributed by atoms with Crippen LogP contribution in [0.5, 0.6) is 0 Å². The molecule has 0 saturated heterocycles. The van der Waals surface area contributed by atoms with Gasteiger partial charge in [-0.25, -0.2) is 4.98 Å². The molecule has 3 nitrogen and oxygen atoms in total. The van der Waals surface area contributed by atoms with Crippen molar-refractivity contribution in [1.29, 1.82) is 0 Å². The molecule has 3 heteroatoms. The highest BCUT2D eigenvalue weighted by molar-refractivity contribution is 6.04. The van der Waals surface area contributed by atoms with Crippen LogP contribution in [0.25, 0.3) is 10.9 Å². The first-order valence-corrected chi connectivity index (χ1v) is 6.05. The fourth-order valence-corrected chi connectivity index (χ4v) is 1.91. The van der Waals surface area contributed by atoms with E-state index in [0.717, 1.165) is 16.6 Å². The predicted molar refractivity (Wildman–Crippen MR) is 76.1 cm³/mol. The molecule has 0 aliphatic rings. The second-order valence-electron chi connectivity index (χ2n) is 4.21. The molecule has 0 spiro atoms. The number of aromatic nitrogens is 1. The first-order chi connectivity index (χ1) is 9.33. The maximum absolute atomic E-state index is 12.1. The van der Waals surface area contributed by atoms with E-state index in [1.165, 1.54) is 0 Å². The third kappa shape index (κ3) is 2.45. The second kappa shape index (κ2) is 4.90. The Morgan fingerprint density at radius 1 is 0.842 bits per heavy atom. The molecule has 0 fully saturated rings. The van der Waals surface area contributed by atoms with Crippen LogP contribution < -0.4 is 5.32 Å². The normalized spacial score (nSPS) is 10.3. The SMILES string of the molecule is O=C(Nc1ccccc1)c1ccc2ccccc2n1. The number of benzene rings is 2. The van der Waals surface area contributed by atoms with E-state index >= 15 is 0 Å². The van der Waals surface area contributed by atoms with E-state index in [-0.39, 0.29) is 5.91 Å². The van der Waals surface area contributed by atoms with Gasteiger partial charge in [0.15, 0.2) is 0 Å². The van der Waals surface area contributed by atoms with Gasteiger partial charge in [0, 0.05) is 11.1 Å². The summed E-state index contributed by atoms with van der Waals surface area (Å²) in [4.78, 5) is 16.4. The van der Waals surface area contributed by atoms with Gasteiger partial charge in [-0.05, 0) is 24.3 Å². The Morgan fingerprint density at radius 3 is 2.42 bits per heavy atom. The van der Waals surface area contributed by atoms with Crippen LogP contribution >= 0.6 is 0 Å². The average Bonchev–Trinajstić information content (AvgIpc) is 2.48. The molecule has 0 aliphatic heterocycles. The molecular formula is C16H12N2O. The first kappa shape index (κ1) is 11.4.